The smallest absolute Gasteiger partial charge is 0.254 e. The van der Waals surface area contributed by atoms with E-state index in [9.17, 15) is 17.6 Å². The molecule has 0 aliphatic carbocycles. The molecule has 1 saturated heterocycles. The van der Waals surface area contributed by atoms with E-state index in [-0.39, 0.29) is 22.5 Å². The molecule has 7 nitrogen and oxygen atoms in total. The van der Waals surface area contributed by atoms with E-state index in [0.717, 1.165) is 49.9 Å². The number of rotatable bonds is 8. The zero-order chi connectivity index (χ0) is 23.3. The van der Waals surface area contributed by atoms with E-state index in [1.807, 2.05) is 30.3 Å². The maximum atomic E-state index is 14.5. The predicted molar refractivity (Wildman–Crippen MR) is 122 cm³/mol. The molecule has 0 aromatic heterocycles. The van der Waals surface area contributed by atoms with Crippen LogP contribution in [-0.4, -0.2) is 69.9 Å². The average molecular weight is 463 g/mol. The summed E-state index contributed by atoms with van der Waals surface area (Å²) < 4.78 is 42.0. The third-order valence-corrected chi connectivity index (χ3v) is 7.08. The molecule has 0 spiro atoms. The van der Waals surface area contributed by atoms with Crippen LogP contribution in [0.1, 0.15) is 35.8 Å². The second kappa shape index (κ2) is 10.5. The summed E-state index contributed by atoms with van der Waals surface area (Å²) in [5, 5.41) is 2.92. The van der Waals surface area contributed by atoms with Crippen LogP contribution in [0, 0.1) is 5.82 Å². The lowest BCUT2D eigenvalue weighted by Crippen LogP contribution is -2.47. The largest absolute Gasteiger partial charge is 0.344 e. The van der Waals surface area contributed by atoms with Gasteiger partial charge in [-0.15, -0.1) is 0 Å². The number of carbonyl (C=O) groups is 1. The number of piperazine rings is 1. The molecule has 2 aromatic carbocycles. The maximum Gasteiger partial charge on any atom is 0.254 e. The first kappa shape index (κ1) is 24.3. The number of carbonyl (C=O) groups excluding carboxylic acids is 1. The van der Waals surface area contributed by atoms with Crippen molar-refractivity contribution in [2.24, 2.45) is 0 Å². The van der Waals surface area contributed by atoms with E-state index in [0.29, 0.717) is 6.54 Å². The number of sulfonamides is 1. The quantitative estimate of drug-likeness (QED) is 0.629. The van der Waals surface area contributed by atoms with E-state index in [4.69, 9.17) is 0 Å². The van der Waals surface area contributed by atoms with Gasteiger partial charge >= 0.3 is 0 Å². The highest BCUT2D eigenvalue weighted by Gasteiger charge is 2.24. The summed E-state index contributed by atoms with van der Waals surface area (Å²) in [6, 6.07) is 12.1. The van der Waals surface area contributed by atoms with Crippen molar-refractivity contribution >= 4 is 15.9 Å². The summed E-state index contributed by atoms with van der Waals surface area (Å²) in [6.07, 6.45) is 0. The molecule has 1 aliphatic heterocycles. The minimum atomic E-state index is -3.85. The molecule has 9 heteroatoms. The van der Waals surface area contributed by atoms with E-state index < -0.39 is 21.7 Å². The minimum Gasteiger partial charge on any atom is -0.344 e. The van der Waals surface area contributed by atoms with Gasteiger partial charge in [0.2, 0.25) is 10.0 Å². The van der Waals surface area contributed by atoms with E-state index in [2.05, 4.69) is 26.9 Å². The van der Waals surface area contributed by atoms with Gasteiger partial charge in [0.15, 0.2) is 0 Å². The van der Waals surface area contributed by atoms with E-state index >= 15 is 0 Å². The first-order chi connectivity index (χ1) is 15.2. The van der Waals surface area contributed by atoms with Gasteiger partial charge in [-0.3, -0.25) is 9.69 Å². The van der Waals surface area contributed by atoms with Gasteiger partial charge in [-0.1, -0.05) is 30.3 Å². The fourth-order valence-corrected chi connectivity index (χ4v) is 4.95. The Morgan fingerprint density at radius 1 is 1.06 bits per heavy atom. The Kier molecular flexibility index (Phi) is 8.00. The topological polar surface area (TPSA) is 81.7 Å². The fourth-order valence-electron chi connectivity index (χ4n) is 3.67. The Balaban J connectivity index is 1.83. The summed E-state index contributed by atoms with van der Waals surface area (Å²) >= 11 is 0. The molecule has 1 fully saturated rings. The summed E-state index contributed by atoms with van der Waals surface area (Å²) in [7, 11) is -1.78. The molecule has 3 rings (SSSR count). The normalized spacial score (nSPS) is 16.8. The second-order valence-corrected chi connectivity index (χ2v) is 10.2. The first-order valence-electron chi connectivity index (χ1n) is 10.7. The van der Waals surface area contributed by atoms with Gasteiger partial charge in [0.25, 0.3) is 5.91 Å². The number of benzene rings is 2. The van der Waals surface area contributed by atoms with Gasteiger partial charge in [0.05, 0.1) is 16.5 Å². The Morgan fingerprint density at radius 2 is 1.72 bits per heavy atom. The van der Waals surface area contributed by atoms with Crippen LogP contribution in [0.4, 0.5) is 4.39 Å². The highest BCUT2D eigenvalue weighted by Crippen LogP contribution is 2.19. The molecule has 1 heterocycles. The van der Waals surface area contributed by atoms with Gasteiger partial charge in [-0.2, -0.15) is 0 Å². The van der Waals surface area contributed by atoms with E-state index in [1.54, 1.807) is 13.8 Å². The number of hydrogen-bond acceptors (Lipinski definition) is 5. The van der Waals surface area contributed by atoms with Crippen LogP contribution in [0.25, 0.3) is 0 Å². The standard InChI is InChI=1S/C23H31FN4O3S/c1-17(2)26-32(30,31)19-9-10-21(24)20(15-19)23(29)25-22(18-7-5-4-6-8-18)16-28-13-11-27(3)12-14-28/h4-10,15,17,22,26H,11-14,16H2,1-3H3,(H,25,29). The van der Waals surface area contributed by atoms with Gasteiger partial charge in [0.1, 0.15) is 5.82 Å². The lowest BCUT2D eigenvalue weighted by Gasteiger charge is -2.35. The first-order valence-corrected chi connectivity index (χ1v) is 12.2. The van der Waals surface area contributed by atoms with Gasteiger partial charge in [0, 0.05) is 38.8 Å². The van der Waals surface area contributed by atoms with Crippen molar-refractivity contribution in [2.75, 3.05) is 39.8 Å². The molecule has 0 saturated carbocycles. The molecular formula is C23H31FN4O3S. The number of likely N-dealkylation sites (N-methyl/N-ethyl adjacent to an activating group) is 1. The van der Waals surface area contributed by atoms with Crippen molar-refractivity contribution in [3.8, 4) is 0 Å². The summed E-state index contributed by atoms with van der Waals surface area (Å²) in [6.45, 7) is 7.59. The molecule has 174 valence electrons. The third kappa shape index (κ3) is 6.35. The molecule has 0 radical (unpaired) electrons. The van der Waals surface area contributed by atoms with Gasteiger partial charge in [-0.05, 0) is 44.7 Å². The SMILES string of the molecule is CC(C)NS(=O)(=O)c1ccc(F)c(C(=O)NC(CN2CCN(C)CC2)c2ccccc2)c1. The third-order valence-electron chi connectivity index (χ3n) is 5.43. The summed E-state index contributed by atoms with van der Waals surface area (Å²) in [5.74, 6) is -1.41. The fraction of sp³-hybridized carbons (Fsp3) is 0.435. The Labute approximate surface area is 189 Å². The zero-order valence-electron chi connectivity index (χ0n) is 18.7. The lowest BCUT2D eigenvalue weighted by atomic mass is 10.0. The van der Waals surface area contributed by atoms with Gasteiger partial charge in [-0.25, -0.2) is 17.5 Å². The predicted octanol–water partition coefficient (Wildman–Crippen LogP) is 2.23. The second-order valence-electron chi connectivity index (χ2n) is 8.46. The number of hydrogen-bond donors (Lipinski definition) is 2. The molecule has 0 bridgehead atoms. The van der Waals surface area contributed by atoms with Crippen LogP contribution < -0.4 is 10.0 Å². The van der Waals surface area contributed by atoms with Crippen molar-refractivity contribution in [1.82, 2.24) is 19.8 Å². The van der Waals surface area contributed by atoms with Crippen molar-refractivity contribution < 1.29 is 17.6 Å². The van der Waals surface area contributed by atoms with Crippen molar-refractivity contribution in [2.45, 2.75) is 30.8 Å². The molecule has 32 heavy (non-hydrogen) atoms. The maximum absolute atomic E-state index is 14.5. The molecule has 1 unspecified atom stereocenters. The zero-order valence-corrected chi connectivity index (χ0v) is 19.5. The van der Waals surface area contributed by atoms with Crippen LogP contribution in [0.5, 0.6) is 0 Å². The monoisotopic (exact) mass is 462 g/mol. The summed E-state index contributed by atoms with van der Waals surface area (Å²) in [5.41, 5.74) is 0.612. The number of nitrogens with zero attached hydrogens (tertiary/aromatic N) is 2. The van der Waals surface area contributed by atoms with Crippen molar-refractivity contribution in [3.63, 3.8) is 0 Å². The van der Waals surface area contributed by atoms with Crippen LogP contribution in [0.2, 0.25) is 0 Å². The van der Waals surface area contributed by atoms with Crippen molar-refractivity contribution in [3.05, 3.63) is 65.5 Å². The van der Waals surface area contributed by atoms with Crippen LogP contribution in [0.3, 0.4) is 0 Å². The molecule has 1 aliphatic rings. The Morgan fingerprint density at radius 3 is 2.34 bits per heavy atom. The van der Waals surface area contributed by atoms with Gasteiger partial charge < -0.3 is 10.2 Å². The number of nitrogens with one attached hydrogen (secondary N) is 2. The molecule has 1 amide bonds. The molecule has 2 N–H and O–H groups in total. The Bertz CT molecular complexity index is 1020. The lowest BCUT2D eigenvalue weighted by molar-refractivity contribution is 0.0903. The van der Waals surface area contributed by atoms with Crippen LogP contribution >= 0.6 is 0 Å². The van der Waals surface area contributed by atoms with Crippen LogP contribution in [-0.2, 0) is 10.0 Å². The number of amides is 1. The summed E-state index contributed by atoms with van der Waals surface area (Å²) in [4.78, 5) is 17.4. The van der Waals surface area contributed by atoms with Crippen LogP contribution in [0.15, 0.2) is 53.4 Å². The average Bonchev–Trinajstić information content (AvgIpc) is 2.74. The Hall–Kier alpha value is -2.33. The molecule has 1 atom stereocenters. The molecular weight excluding hydrogens is 431 g/mol. The number of halogens is 1. The molecule has 2 aromatic rings. The minimum absolute atomic E-state index is 0.145. The highest BCUT2D eigenvalue weighted by atomic mass is 32.2. The van der Waals surface area contributed by atoms with E-state index in [1.165, 1.54) is 0 Å². The highest BCUT2D eigenvalue weighted by molar-refractivity contribution is 7.89. The van der Waals surface area contributed by atoms with Crippen molar-refractivity contribution in [1.29, 1.82) is 0 Å².